The molecular formula is C13H19NO2. The monoisotopic (exact) mass is 221 g/mol. The lowest BCUT2D eigenvalue weighted by Crippen LogP contribution is -2.31. The van der Waals surface area contributed by atoms with Crippen LogP contribution in [0.15, 0.2) is 23.8 Å². The number of allylic oxidation sites excluding steroid dienone is 2. The zero-order valence-corrected chi connectivity index (χ0v) is 10.6. The largest absolute Gasteiger partial charge is 0.462 e. The van der Waals surface area contributed by atoms with Gasteiger partial charge < -0.3 is 4.74 Å². The molecule has 0 N–H and O–H groups in total. The van der Waals surface area contributed by atoms with Crippen LogP contribution in [0.25, 0.3) is 0 Å². The zero-order valence-electron chi connectivity index (χ0n) is 10.6. The van der Waals surface area contributed by atoms with Crippen molar-refractivity contribution in [3.05, 3.63) is 23.8 Å². The summed E-state index contributed by atoms with van der Waals surface area (Å²) in [6.07, 6.45) is 1.50. The quantitative estimate of drug-likeness (QED) is 0.541. The molecule has 0 radical (unpaired) electrons. The van der Waals surface area contributed by atoms with Crippen molar-refractivity contribution in [2.24, 2.45) is 5.41 Å². The van der Waals surface area contributed by atoms with Crippen LogP contribution in [0.2, 0.25) is 0 Å². The van der Waals surface area contributed by atoms with Crippen molar-refractivity contribution in [2.75, 3.05) is 0 Å². The second-order valence-corrected chi connectivity index (χ2v) is 4.36. The van der Waals surface area contributed by atoms with Crippen molar-refractivity contribution in [3.8, 4) is 6.07 Å². The van der Waals surface area contributed by atoms with Gasteiger partial charge in [-0.15, -0.1) is 0 Å². The molecule has 0 aromatic heterocycles. The summed E-state index contributed by atoms with van der Waals surface area (Å²) in [5.41, 5.74) is 0.216. The first-order valence-electron chi connectivity index (χ1n) is 5.20. The molecule has 0 amide bonds. The number of carbonyl (C=O) groups excluding carboxylic acids is 1. The Labute approximate surface area is 97.4 Å². The van der Waals surface area contributed by atoms with Crippen LogP contribution in [-0.4, -0.2) is 12.1 Å². The molecule has 16 heavy (non-hydrogen) atoms. The third-order valence-electron chi connectivity index (χ3n) is 2.23. The van der Waals surface area contributed by atoms with Gasteiger partial charge in [0.25, 0.3) is 0 Å². The third-order valence-corrected chi connectivity index (χ3v) is 2.23. The first-order valence-corrected chi connectivity index (χ1v) is 5.20. The fourth-order valence-corrected chi connectivity index (χ4v) is 1.14. The van der Waals surface area contributed by atoms with Crippen LogP contribution in [0.3, 0.4) is 0 Å². The van der Waals surface area contributed by atoms with Crippen molar-refractivity contribution in [1.29, 1.82) is 5.26 Å². The summed E-state index contributed by atoms with van der Waals surface area (Å²) >= 11 is 0. The summed E-state index contributed by atoms with van der Waals surface area (Å²) in [5, 5.41) is 9.13. The number of ether oxygens (including phenoxy) is 1. The Morgan fingerprint density at radius 3 is 2.31 bits per heavy atom. The van der Waals surface area contributed by atoms with Crippen LogP contribution in [0.4, 0.5) is 0 Å². The van der Waals surface area contributed by atoms with E-state index >= 15 is 0 Å². The number of hydrogen-bond donors (Lipinski definition) is 0. The molecule has 0 aliphatic carbocycles. The van der Waals surface area contributed by atoms with Crippen LogP contribution in [-0.2, 0) is 9.53 Å². The van der Waals surface area contributed by atoms with E-state index in [1.807, 2.05) is 13.0 Å². The molecule has 3 heteroatoms. The number of carbonyl (C=O) groups is 1. The van der Waals surface area contributed by atoms with E-state index in [4.69, 9.17) is 10.00 Å². The minimum absolute atomic E-state index is 0.224. The topological polar surface area (TPSA) is 50.1 Å². The summed E-state index contributed by atoms with van der Waals surface area (Å²) < 4.78 is 5.08. The molecule has 1 atom stereocenters. The van der Waals surface area contributed by atoms with Crippen molar-refractivity contribution in [2.45, 2.75) is 40.7 Å². The molecule has 0 aromatic rings. The van der Waals surface area contributed by atoms with E-state index in [2.05, 4.69) is 6.58 Å². The molecule has 0 bridgehead atoms. The molecule has 0 aliphatic heterocycles. The smallest absolute Gasteiger partial charge is 0.330 e. The van der Waals surface area contributed by atoms with Gasteiger partial charge in [0.05, 0.1) is 12.2 Å². The van der Waals surface area contributed by atoms with Gasteiger partial charge in [0.2, 0.25) is 0 Å². The van der Waals surface area contributed by atoms with E-state index in [9.17, 15) is 4.79 Å². The molecule has 0 saturated heterocycles. The summed E-state index contributed by atoms with van der Waals surface area (Å²) in [7, 11) is 0. The first-order chi connectivity index (χ1) is 7.24. The van der Waals surface area contributed by atoms with E-state index in [1.54, 1.807) is 33.8 Å². The molecule has 88 valence electrons. The molecule has 0 unspecified atom stereocenters. The SMILES string of the molecule is C=C(C)/C=C(/C)[C@@](C)(C#N)C(=O)OC(C)C. The number of nitrogens with zero attached hydrogens (tertiary/aromatic N) is 1. The van der Waals surface area contributed by atoms with Crippen LogP contribution in [0, 0.1) is 16.7 Å². The van der Waals surface area contributed by atoms with Crippen LogP contribution in [0.1, 0.15) is 34.6 Å². The third kappa shape index (κ3) is 3.54. The Kier molecular flexibility index (Phi) is 4.97. The van der Waals surface area contributed by atoms with Gasteiger partial charge in [-0.05, 0) is 40.2 Å². The van der Waals surface area contributed by atoms with E-state index in [1.165, 1.54) is 0 Å². The van der Waals surface area contributed by atoms with Gasteiger partial charge in [-0.25, -0.2) is 4.79 Å². The normalized spacial score (nSPS) is 15.2. The van der Waals surface area contributed by atoms with Crippen LogP contribution < -0.4 is 0 Å². The Morgan fingerprint density at radius 2 is 2.00 bits per heavy atom. The highest BCUT2D eigenvalue weighted by molar-refractivity contribution is 5.83. The average molecular weight is 221 g/mol. The highest BCUT2D eigenvalue weighted by Gasteiger charge is 2.37. The van der Waals surface area contributed by atoms with Crippen LogP contribution >= 0.6 is 0 Å². The predicted molar refractivity (Wildman–Crippen MR) is 63.5 cm³/mol. The van der Waals surface area contributed by atoms with Crippen molar-refractivity contribution in [1.82, 2.24) is 0 Å². The highest BCUT2D eigenvalue weighted by atomic mass is 16.5. The maximum atomic E-state index is 11.8. The molecule has 3 nitrogen and oxygen atoms in total. The maximum absolute atomic E-state index is 11.8. The molecule has 0 heterocycles. The minimum Gasteiger partial charge on any atom is -0.462 e. The maximum Gasteiger partial charge on any atom is 0.330 e. The summed E-state index contributed by atoms with van der Waals surface area (Å²) in [6, 6.07) is 2.00. The van der Waals surface area contributed by atoms with Crippen molar-refractivity contribution in [3.63, 3.8) is 0 Å². The van der Waals surface area contributed by atoms with Gasteiger partial charge in [-0.3, -0.25) is 0 Å². The molecule has 0 aromatic carbocycles. The molecule has 0 saturated carbocycles. The first kappa shape index (κ1) is 14.4. The fraction of sp³-hybridized carbons (Fsp3) is 0.538. The Hall–Kier alpha value is -1.56. The standard InChI is InChI=1S/C13H19NO2/c1-9(2)7-11(5)13(6,8-14)12(15)16-10(3)4/h7,10H,1H2,2-6H3/b11-7-/t13-/m1/s1. The Balaban J connectivity index is 5.15. The Bertz CT molecular complexity index is 361. The van der Waals surface area contributed by atoms with Gasteiger partial charge in [0.1, 0.15) is 0 Å². The second kappa shape index (κ2) is 5.50. The predicted octanol–water partition coefficient (Wildman–Crippen LogP) is 2.99. The molecule has 0 fully saturated rings. The van der Waals surface area contributed by atoms with Crippen molar-refractivity contribution >= 4 is 5.97 Å². The highest BCUT2D eigenvalue weighted by Crippen LogP contribution is 2.28. The summed E-state index contributed by atoms with van der Waals surface area (Å²) in [6.45, 7) is 12.4. The number of hydrogen-bond acceptors (Lipinski definition) is 3. The average Bonchev–Trinajstić information content (AvgIpc) is 2.14. The van der Waals surface area contributed by atoms with Gasteiger partial charge in [-0.2, -0.15) is 5.26 Å². The van der Waals surface area contributed by atoms with Crippen molar-refractivity contribution < 1.29 is 9.53 Å². The van der Waals surface area contributed by atoms with E-state index < -0.39 is 11.4 Å². The second-order valence-electron chi connectivity index (χ2n) is 4.36. The number of nitriles is 1. The lowest BCUT2D eigenvalue weighted by Gasteiger charge is -2.22. The van der Waals surface area contributed by atoms with Gasteiger partial charge >= 0.3 is 5.97 Å². The lowest BCUT2D eigenvalue weighted by molar-refractivity contribution is -0.153. The van der Waals surface area contributed by atoms with E-state index in [0.29, 0.717) is 5.57 Å². The summed E-state index contributed by atoms with van der Waals surface area (Å²) in [4.78, 5) is 11.8. The van der Waals surface area contributed by atoms with E-state index in [-0.39, 0.29) is 6.10 Å². The lowest BCUT2D eigenvalue weighted by atomic mass is 9.83. The van der Waals surface area contributed by atoms with Gasteiger partial charge in [-0.1, -0.05) is 18.2 Å². The number of esters is 1. The van der Waals surface area contributed by atoms with Gasteiger partial charge in [0, 0.05) is 0 Å². The minimum atomic E-state index is -1.23. The molecule has 0 rings (SSSR count). The van der Waals surface area contributed by atoms with Gasteiger partial charge in [0.15, 0.2) is 5.41 Å². The number of rotatable bonds is 4. The molecule has 0 aliphatic rings. The van der Waals surface area contributed by atoms with E-state index in [0.717, 1.165) is 5.57 Å². The van der Waals surface area contributed by atoms with Crippen LogP contribution in [0.5, 0.6) is 0 Å². The molecular weight excluding hydrogens is 202 g/mol. The molecule has 0 spiro atoms. The summed E-state index contributed by atoms with van der Waals surface area (Å²) in [5.74, 6) is -0.514. The Morgan fingerprint density at radius 1 is 1.50 bits per heavy atom. The fourth-order valence-electron chi connectivity index (χ4n) is 1.14. The zero-order chi connectivity index (χ0) is 12.9.